The predicted molar refractivity (Wildman–Crippen MR) is 76.4 cm³/mol. The quantitative estimate of drug-likeness (QED) is 0.608. The molecular weight excluding hydrogens is 293 g/mol. The highest BCUT2D eigenvalue weighted by Crippen LogP contribution is 2.26. The van der Waals surface area contributed by atoms with E-state index in [9.17, 15) is 13.2 Å². The zero-order chi connectivity index (χ0) is 15.6. The van der Waals surface area contributed by atoms with E-state index >= 15 is 0 Å². The molecule has 0 atom stereocenters. The Morgan fingerprint density at radius 1 is 0.952 bits per heavy atom. The SMILES string of the molecule is CC(C)(Cc1ccc(-c2cc(F)c(F)cc2F)cc1)O[Si]. The Morgan fingerprint density at radius 3 is 2.10 bits per heavy atom. The van der Waals surface area contributed by atoms with Crippen molar-refractivity contribution in [2.24, 2.45) is 0 Å². The lowest BCUT2D eigenvalue weighted by Gasteiger charge is -2.23. The molecule has 2 aromatic rings. The second-order valence-electron chi connectivity index (χ2n) is 5.48. The van der Waals surface area contributed by atoms with Crippen LogP contribution in [-0.4, -0.2) is 16.1 Å². The standard InChI is InChI=1S/C16H14F3OSi/c1-16(2,20-21)9-10-3-5-11(6-4-10)12-7-14(18)15(19)8-13(12)17/h3-8H,9H2,1-2H3. The summed E-state index contributed by atoms with van der Waals surface area (Å²) in [7, 11) is 3.03. The molecule has 0 unspecified atom stereocenters. The van der Waals surface area contributed by atoms with Crippen LogP contribution in [0.5, 0.6) is 0 Å². The molecule has 0 saturated heterocycles. The highest BCUT2D eigenvalue weighted by molar-refractivity contribution is 5.98. The van der Waals surface area contributed by atoms with E-state index in [1.807, 2.05) is 26.0 Å². The van der Waals surface area contributed by atoms with E-state index in [1.54, 1.807) is 12.1 Å². The van der Waals surface area contributed by atoms with Crippen molar-refractivity contribution in [3.63, 3.8) is 0 Å². The summed E-state index contributed by atoms with van der Waals surface area (Å²) in [5.74, 6) is -3.04. The molecular formula is C16H14F3OSi. The van der Waals surface area contributed by atoms with Crippen LogP contribution in [0.25, 0.3) is 11.1 Å². The first-order chi connectivity index (χ1) is 9.82. The van der Waals surface area contributed by atoms with Crippen molar-refractivity contribution in [1.82, 2.24) is 0 Å². The van der Waals surface area contributed by atoms with Crippen molar-refractivity contribution in [1.29, 1.82) is 0 Å². The highest BCUT2D eigenvalue weighted by atomic mass is 28.2. The number of halogens is 3. The van der Waals surface area contributed by atoms with E-state index in [1.165, 1.54) is 0 Å². The first-order valence-electron chi connectivity index (χ1n) is 6.41. The summed E-state index contributed by atoms with van der Waals surface area (Å²) in [5.41, 5.74) is 1.14. The van der Waals surface area contributed by atoms with Gasteiger partial charge in [-0.15, -0.1) is 0 Å². The number of rotatable bonds is 4. The Bertz CT molecular complexity index is 639. The molecule has 0 bridgehead atoms. The van der Waals surface area contributed by atoms with Gasteiger partial charge in [-0.3, -0.25) is 0 Å². The van der Waals surface area contributed by atoms with Gasteiger partial charge in [0.1, 0.15) is 5.82 Å². The second-order valence-corrected chi connectivity index (χ2v) is 5.69. The van der Waals surface area contributed by atoms with E-state index in [0.29, 0.717) is 18.1 Å². The van der Waals surface area contributed by atoms with E-state index in [4.69, 9.17) is 4.43 Å². The summed E-state index contributed by atoms with van der Waals surface area (Å²) >= 11 is 0. The van der Waals surface area contributed by atoms with E-state index < -0.39 is 17.5 Å². The summed E-state index contributed by atoms with van der Waals surface area (Å²) in [6.07, 6.45) is 0.650. The van der Waals surface area contributed by atoms with Crippen molar-refractivity contribution in [3.05, 3.63) is 59.4 Å². The number of hydrogen-bond donors (Lipinski definition) is 0. The van der Waals surface area contributed by atoms with Crippen molar-refractivity contribution < 1.29 is 17.6 Å². The molecule has 0 N–H and O–H groups in total. The Balaban J connectivity index is 2.29. The zero-order valence-corrected chi connectivity index (χ0v) is 12.7. The lowest BCUT2D eigenvalue weighted by molar-refractivity contribution is 0.124. The molecule has 2 rings (SSSR count). The first-order valence-corrected chi connectivity index (χ1v) is 6.82. The third kappa shape index (κ3) is 3.74. The van der Waals surface area contributed by atoms with Crippen molar-refractivity contribution in [3.8, 4) is 11.1 Å². The fourth-order valence-corrected chi connectivity index (χ4v) is 2.15. The van der Waals surface area contributed by atoms with Crippen LogP contribution in [0.1, 0.15) is 19.4 Å². The molecule has 109 valence electrons. The molecule has 0 saturated carbocycles. The van der Waals surface area contributed by atoms with E-state index in [0.717, 1.165) is 11.6 Å². The monoisotopic (exact) mass is 307 g/mol. The molecule has 21 heavy (non-hydrogen) atoms. The Labute approximate surface area is 125 Å². The summed E-state index contributed by atoms with van der Waals surface area (Å²) in [6.45, 7) is 3.84. The Morgan fingerprint density at radius 2 is 1.52 bits per heavy atom. The Hall–Kier alpha value is -1.59. The molecule has 5 heteroatoms. The minimum absolute atomic E-state index is 0.0380. The fourth-order valence-electron chi connectivity index (χ4n) is 2.07. The van der Waals surface area contributed by atoms with Gasteiger partial charge in [-0.2, -0.15) is 0 Å². The maximum Gasteiger partial charge on any atom is 0.246 e. The van der Waals surface area contributed by atoms with Crippen molar-refractivity contribution >= 4 is 10.5 Å². The molecule has 3 radical (unpaired) electrons. The normalized spacial score (nSPS) is 11.7. The molecule has 0 amide bonds. The highest BCUT2D eigenvalue weighted by Gasteiger charge is 2.17. The molecule has 0 aliphatic heterocycles. The van der Waals surface area contributed by atoms with Gasteiger partial charge in [0.2, 0.25) is 10.5 Å². The lowest BCUT2D eigenvalue weighted by Crippen LogP contribution is -2.26. The number of hydrogen-bond acceptors (Lipinski definition) is 1. The molecule has 0 aromatic heterocycles. The molecule has 0 heterocycles. The van der Waals surface area contributed by atoms with Gasteiger partial charge >= 0.3 is 0 Å². The van der Waals surface area contributed by atoms with Gasteiger partial charge in [-0.05, 0) is 37.5 Å². The van der Waals surface area contributed by atoms with Crippen LogP contribution in [0.3, 0.4) is 0 Å². The van der Waals surface area contributed by atoms with Crippen LogP contribution in [0.2, 0.25) is 0 Å². The first kappa shape index (κ1) is 15.8. The molecule has 0 spiro atoms. The van der Waals surface area contributed by atoms with Crippen LogP contribution in [0, 0.1) is 17.5 Å². The van der Waals surface area contributed by atoms with Crippen molar-refractivity contribution in [2.45, 2.75) is 25.9 Å². The predicted octanol–water partition coefficient (Wildman–Crippen LogP) is 4.19. The van der Waals surface area contributed by atoms with Crippen LogP contribution in [0.4, 0.5) is 13.2 Å². The van der Waals surface area contributed by atoms with Gasteiger partial charge in [-0.1, -0.05) is 24.3 Å². The summed E-state index contributed by atoms with van der Waals surface area (Å²) < 4.78 is 45.0. The van der Waals surface area contributed by atoms with Crippen molar-refractivity contribution in [2.75, 3.05) is 0 Å². The molecule has 0 aliphatic carbocycles. The average molecular weight is 307 g/mol. The van der Waals surface area contributed by atoms with E-state index in [2.05, 4.69) is 10.5 Å². The second kappa shape index (κ2) is 6.03. The average Bonchev–Trinajstić information content (AvgIpc) is 2.43. The van der Waals surface area contributed by atoms with Crippen LogP contribution in [-0.2, 0) is 10.8 Å². The largest absolute Gasteiger partial charge is 0.413 e. The maximum absolute atomic E-state index is 13.7. The van der Waals surface area contributed by atoms with Crippen LogP contribution >= 0.6 is 0 Å². The molecule has 0 aliphatic rings. The van der Waals surface area contributed by atoms with Gasteiger partial charge in [0, 0.05) is 11.6 Å². The van der Waals surface area contributed by atoms with Gasteiger partial charge in [-0.25, -0.2) is 13.2 Å². The molecule has 0 fully saturated rings. The summed E-state index contributed by atoms with van der Waals surface area (Å²) in [6, 6.07) is 8.39. The minimum Gasteiger partial charge on any atom is -0.413 e. The van der Waals surface area contributed by atoms with Gasteiger partial charge < -0.3 is 4.43 Å². The molecule has 1 nitrogen and oxygen atoms in total. The Kier molecular flexibility index (Phi) is 4.54. The van der Waals surface area contributed by atoms with E-state index in [-0.39, 0.29) is 11.2 Å². The van der Waals surface area contributed by atoms with Gasteiger partial charge in [0.25, 0.3) is 0 Å². The van der Waals surface area contributed by atoms with Crippen LogP contribution in [0.15, 0.2) is 36.4 Å². The topological polar surface area (TPSA) is 9.23 Å². The molecule has 2 aromatic carbocycles. The summed E-state index contributed by atoms with van der Waals surface area (Å²) in [4.78, 5) is 0. The summed E-state index contributed by atoms with van der Waals surface area (Å²) in [5, 5.41) is 0. The zero-order valence-electron chi connectivity index (χ0n) is 11.7. The van der Waals surface area contributed by atoms with Crippen LogP contribution < -0.4 is 0 Å². The minimum atomic E-state index is -1.19. The third-order valence-corrected chi connectivity index (χ3v) is 3.73. The lowest BCUT2D eigenvalue weighted by atomic mass is 9.96. The maximum atomic E-state index is 13.7. The smallest absolute Gasteiger partial charge is 0.246 e. The fraction of sp³-hybridized carbons (Fsp3) is 0.250. The third-order valence-electron chi connectivity index (χ3n) is 3.18. The number of benzene rings is 2. The van der Waals surface area contributed by atoms with Gasteiger partial charge in [0.15, 0.2) is 11.6 Å². The van der Waals surface area contributed by atoms with Gasteiger partial charge in [0.05, 0.1) is 5.60 Å².